The Morgan fingerprint density at radius 1 is 1.08 bits per heavy atom. The molecule has 136 valence electrons. The Kier molecular flexibility index (Phi) is 5.46. The summed E-state index contributed by atoms with van der Waals surface area (Å²) < 4.78 is 2.05. The monoisotopic (exact) mass is 370 g/mol. The van der Waals surface area contributed by atoms with Crippen molar-refractivity contribution >= 4 is 17.7 Å². The second-order valence-electron chi connectivity index (χ2n) is 6.21. The van der Waals surface area contributed by atoms with Gasteiger partial charge in [0, 0.05) is 44.5 Å². The zero-order valence-electron chi connectivity index (χ0n) is 15.6. The minimum absolute atomic E-state index is 0.215. The highest BCUT2D eigenvalue weighted by Gasteiger charge is 2.17. The van der Waals surface area contributed by atoms with Gasteiger partial charge in [0.1, 0.15) is 5.82 Å². The second-order valence-corrected chi connectivity index (χ2v) is 7.15. The summed E-state index contributed by atoms with van der Waals surface area (Å²) in [5.41, 5.74) is 0.980. The van der Waals surface area contributed by atoms with Gasteiger partial charge in [-0.1, -0.05) is 13.8 Å². The van der Waals surface area contributed by atoms with Crippen LogP contribution in [0.15, 0.2) is 34.8 Å². The van der Waals surface area contributed by atoms with E-state index in [0.29, 0.717) is 11.1 Å². The first-order valence-corrected chi connectivity index (χ1v) is 9.26. The number of aromatic nitrogens is 7. The number of rotatable bonds is 6. The standard InChI is InChI=1S/C17H22N8S/c1-6-25-14(12-7-9-18-10-8-12)22-23-17(25)26-16-20-13(11(2)3)19-15(21-16)24(4)5/h7-11H,6H2,1-5H3. The normalized spacial score (nSPS) is 11.2. The summed E-state index contributed by atoms with van der Waals surface area (Å²) in [6.07, 6.45) is 3.50. The first kappa shape index (κ1) is 18.2. The second kappa shape index (κ2) is 7.77. The highest BCUT2D eigenvalue weighted by atomic mass is 32.2. The van der Waals surface area contributed by atoms with Gasteiger partial charge in [-0.3, -0.25) is 4.98 Å². The van der Waals surface area contributed by atoms with Crippen molar-refractivity contribution in [2.45, 2.75) is 43.5 Å². The van der Waals surface area contributed by atoms with E-state index in [9.17, 15) is 0 Å². The summed E-state index contributed by atoms with van der Waals surface area (Å²) in [7, 11) is 3.84. The molecule has 0 amide bonds. The molecular formula is C17H22N8S. The topological polar surface area (TPSA) is 85.5 Å². The van der Waals surface area contributed by atoms with Crippen molar-refractivity contribution in [2.75, 3.05) is 19.0 Å². The molecule has 3 aromatic rings. The van der Waals surface area contributed by atoms with Crippen molar-refractivity contribution in [3.05, 3.63) is 30.4 Å². The summed E-state index contributed by atoms with van der Waals surface area (Å²) in [6, 6.07) is 3.85. The summed E-state index contributed by atoms with van der Waals surface area (Å²) in [5, 5.41) is 10.1. The van der Waals surface area contributed by atoms with Crippen LogP contribution in [0.25, 0.3) is 11.4 Å². The van der Waals surface area contributed by atoms with Crippen LogP contribution in [0.2, 0.25) is 0 Å². The van der Waals surface area contributed by atoms with E-state index in [1.807, 2.05) is 35.7 Å². The van der Waals surface area contributed by atoms with E-state index in [1.165, 1.54) is 11.8 Å². The van der Waals surface area contributed by atoms with Crippen molar-refractivity contribution in [2.24, 2.45) is 0 Å². The molecule has 0 saturated carbocycles. The first-order valence-electron chi connectivity index (χ1n) is 8.44. The van der Waals surface area contributed by atoms with Gasteiger partial charge in [-0.25, -0.2) is 4.98 Å². The Morgan fingerprint density at radius 2 is 1.81 bits per heavy atom. The molecule has 26 heavy (non-hydrogen) atoms. The van der Waals surface area contributed by atoms with Gasteiger partial charge in [0.25, 0.3) is 0 Å². The Morgan fingerprint density at radius 3 is 2.42 bits per heavy atom. The molecule has 9 heteroatoms. The number of hydrogen-bond donors (Lipinski definition) is 0. The number of pyridine rings is 1. The maximum atomic E-state index is 4.59. The van der Waals surface area contributed by atoms with Gasteiger partial charge in [0.2, 0.25) is 11.1 Å². The quantitative estimate of drug-likeness (QED) is 0.655. The zero-order valence-corrected chi connectivity index (χ0v) is 16.4. The number of hydrogen-bond acceptors (Lipinski definition) is 8. The highest BCUT2D eigenvalue weighted by molar-refractivity contribution is 7.99. The van der Waals surface area contributed by atoms with Gasteiger partial charge < -0.3 is 9.47 Å². The maximum Gasteiger partial charge on any atom is 0.229 e. The zero-order chi connectivity index (χ0) is 18.7. The van der Waals surface area contributed by atoms with Gasteiger partial charge in [-0.05, 0) is 30.8 Å². The minimum Gasteiger partial charge on any atom is -0.347 e. The summed E-state index contributed by atoms with van der Waals surface area (Å²) in [4.78, 5) is 19.6. The molecule has 0 aliphatic carbocycles. The van der Waals surface area contributed by atoms with E-state index in [4.69, 9.17) is 0 Å². The molecule has 0 saturated heterocycles. The molecule has 3 aromatic heterocycles. The van der Waals surface area contributed by atoms with Crippen LogP contribution in [0.4, 0.5) is 5.95 Å². The van der Waals surface area contributed by atoms with Crippen LogP contribution in [0.3, 0.4) is 0 Å². The van der Waals surface area contributed by atoms with Gasteiger partial charge in [-0.15, -0.1) is 10.2 Å². The molecule has 3 heterocycles. The average Bonchev–Trinajstić information content (AvgIpc) is 3.04. The fraction of sp³-hybridized carbons (Fsp3) is 0.412. The predicted octanol–water partition coefficient (Wildman–Crippen LogP) is 2.89. The van der Waals surface area contributed by atoms with Crippen LogP contribution in [0.5, 0.6) is 0 Å². The Labute approximate surface area is 157 Å². The third kappa shape index (κ3) is 3.82. The Hall–Kier alpha value is -2.55. The van der Waals surface area contributed by atoms with Crippen LogP contribution >= 0.6 is 11.8 Å². The lowest BCUT2D eigenvalue weighted by Gasteiger charge is -2.14. The van der Waals surface area contributed by atoms with Crippen LogP contribution in [0.1, 0.15) is 32.5 Å². The van der Waals surface area contributed by atoms with E-state index in [2.05, 4.69) is 50.9 Å². The van der Waals surface area contributed by atoms with Gasteiger partial charge >= 0.3 is 0 Å². The summed E-state index contributed by atoms with van der Waals surface area (Å²) in [6.45, 7) is 6.95. The largest absolute Gasteiger partial charge is 0.347 e. The molecule has 0 atom stereocenters. The highest BCUT2D eigenvalue weighted by Crippen LogP contribution is 2.28. The van der Waals surface area contributed by atoms with E-state index < -0.39 is 0 Å². The molecule has 0 aliphatic rings. The first-order chi connectivity index (χ1) is 12.5. The molecule has 0 N–H and O–H groups in total. The van der Waals surface area contributed by atoms with E-state index in [0.717, 1.165) is 28.9 Å². The van der Waals surface area contributed by atoms with Crippen molar-refractivity contribution in [1.29, 1.82) is 0 Å². The van der Waals surface area contributed by atoms with E-state index in [-0.39, 0.29) is 5.92 Å². The molecule has 0 aromatic carbocycles. The molecule has 3 rings (SSSR count). The Balaban J connectivity index is 1.98. The summed E-state index contributed by atoms with van der Waals surface area (Å²) in [5.74, 6) is 2.43. The minimum atomic E-state index is 0.215. The molecule has 0 bridgehead atoms. The van der Waals surface area contributed by atoms with Gasteiger partial charge in [-0.2, -0.15) is 9.97 Å². The van der Waals surface area contributed by atoms with Crippen molar-refractivity contribution in [3.63, 3.8) is 0 Å². The van der Waals surface area contributed by atoms with E-state index >= 15 is 0 Å². The molecule has 0 spiro atoms. The summed E-state index contributed by atoms with van der Waals surface area (Å²) >= 11 is 1.40. The number of anilines is 1. The van der Waals surface area contributed by atoms with Crippen LogP contribution in [0, 0.1) is 0 Å². The van der Waals surface area contributed by atoms with Crippen molar-refractivity contribution in [3.8, 4) is 11.4 Å². The van der Waals surface area contributed by atoms with Gasteiger partial charge in [0.15, 0.2) is 11.0 Å². The molecule has 0 aliphatic heterocycles. The lowest BCUT2D eigenvalue weighted by atomic mass is 10.2. The fourth-order valence-electron chi connectivity index (χ4n) is 2.31. The van der Waals surface area contributed by atoms with Gasteiger partial charge in [0.05, 0.1) is 0 Å². The molecule has 0 fully saturated rings. The molecule has 0 radical (unpaired) electrons. The van der Waals surface area contributed by atoms with Crippen LogP contribution in [-0.2, 0) is 6.54 Å². The van der Waals surface area contributed by atoms with Crippen molar-refractivity contribution < 1.29 is 0 Å². The van der Waals surface area contributed by atoms with Crippen LogP contribution < -0.4 is 4.90 Å². The lowest BCUT2D eigenvalue weighted by Crippen LogP contribution is -2.16. The third-order valence-electron chi connectivity index (χ3n) is 3.69. The van der Waals surface area contributed by atoms with E-state index in [1.54, 1.807) is 12.4 Å². The fourth-order valence-corrected chi connectivity index (χ4v) is 3.15. The third-order valence-corrected chi connectivity index (χ3v) is 4.54. The Bertz CT molecular complexity index is 849. The smallest absolute Gasteiger partial charge is 0.229 e. The van der Waals surface area contributed by atoms with Crippen LogP contribution in [-0.4, -0.2) is 48.8 Å². The SMILES string of the molecule is CCn1c(Sc2nc(C(C)C)nc(N(C)C)n2)nnc1-c1ccncc1. The molecular weight excluding hydrogens is 348 g/mol. The predicted molar refractivity (Wildman–Crippen MR) is 101 cm³/mol. The lowest BCUT2D eigenvalue weighted by molar-refractivity contribution is 0.680. The van der Waals surface area contributed by atoms with Crippen molar-refractivity contribution in [1.82, 2.24) is 34.7 Å². The molecule has 8 nitrogen and oxygen atoms in total. The average molecular weight is 370 g/mol. The molecule has 0 unspecified atom stereocenters. The number of nitrogens with zero attached hydrogens (tertiary/aromatic N) is 8. The maximum absolute atomic E-state index is 4.59.